The van der Waals surface area contributed by atoms with Crippen LogP contribution in [0.5, 0.6) is 5.75 Å². The van der Waals surface area contributed by atoms with E-state index < -0.39 is 21.2 Å². The van der Waals surface area contributed by atoms with E-state index in [4.69, 9.17) is 21.1 Å². The molecule has 2 aromatic rings. The van der Waals surface area contributed by atoms with Gasteiger partial charge in [0, 0.05) is 36.2 Å². The van der Waals surface area contributed by atoms with Crippen molar-refractivity contribution in [3.05, 3.63) is 70.3 Å². The van der Waals surface area contributed by atoms with E-state index in [1.54, 1.807) is 13.2 Å². The molecule has 2 bridgehead atoms. The number of carbonyl (C=O) groups excluding carboxylic acids is 1. The van der Waals surface area contributed by atoms with E-state index in [1.807, 2.05) is 25.1 Å². The molecular weight excluding hydrogens is 608 g/mol. The molecule has 0 aromatic heterocycles. The molecule has 3 aliphatic carbocycles. The highest BCUT2D eigenvalue weighted by molar-refractivity contribution is 7.90. The molecule has 0 radical (unpaired) electrons. The number of carbonyl (C=O) groups is 1. The van der Waals surface area contributed by atoms with Gasteiger partial charge in [0.2, 0.25) is 10.0 Å². The topological polar surface area (TPSA) is 84.9 Å². The summed E-state index contributed by atoms with van der Waals surface area (Å²) in [7, 11) is -2.11. The van der Waals surface area contributed by atoms with Crippen LogP contribution in [-0.4, -0.2) is 52.5 Å². The molecule has 2 fully saturated rings. The summed E-state index contributed by atoms with van der Waals surface area (Å²) < 4.78 is 42.6. The number of hydrogen-bond acceptors (Lipinski definition) is 6. The van der Waals surface area contributed by atoms with Crippen molar-refractivity contribution in [2.75, 3.05) is 31.7 Å². The van der Waals surface area contributed by atoms with Crippen LogP contribution in [0.3, 0.4) is 0 Å². The molecule has 0 unspecified atom stereocenters. The van der Waals surface area contributed by atoms with Gasteiger partial charge < -0.3 is 14.4 Å². The van der Waals surface area contributed by atoms with E-state index in [9.17, 15) is 13.2 Å². The Labute approximate surface area is 272 Å². The number of halogens is 1. The number of fused-ring (bicyclic) bond motifs is 4. The Bertz CT molecular complexity index is 1610. The third-order valence-corrected chi connectivity index (χ3v) is 13.7. The number of anilines is 1. The Morgan fingerprint density at radius 2 is 1.91 bits per heavy atom. The van der Waals surface area contributed by atoms with E-state index in [0.29, 0.717) is 36.3 Å². The van der Waals surface area contributed by atoms with Gasteiger partial charge in [0.05, 0.1) is 23.6 Å². The first kappa shape index (κ1) is 31.1. The molecule has 2 saturated carbocycles. The van der Waals surface area contributed by atoms with Gasteiger partial charge in [0.15, 0.2) is 0 Å². The Hall–Kier alpha value is -2.55. The molecular formula is C36H45ClN2O5S. The van der Waals surface area contributed by atoms with Gasteiger partial charge in [-0.25, -0.2) is 13.1 Å². The van der Waals surface area contributed by atoms with Crippen LogP contribution >= 0.6 is 11.6 Å². The molecule has 1 N–H and O–H groups in total. The zero-order chi connectivity index (χ0) is 31.5. The molecule has 2 aromatic carbocycles. The predicted molar refractivity (Wildman–Crippen MR) is 178 cm³/mol. The molecule has 7 atom stereocenters. The zero-order valence-electron chi connectivity index (χ0n) is 26.5. The number of hydrogen-bond donors (Lipinski definition) is 1. The minimum Gasteiger partial charge on any atom is -0.490 e. The standard InChI is InChI=1S/C36H45ClN2O5S/c1-22-6-4-8-32(43-3)28-16-23(2)29(28)19-39-20-36(15-5-7-25-17-27(37)12-13-30(25)36)21-44-33-14-11-26(18-31(33)39)35(40)38-45(41,42)34(22)24-9-10-24/h4,8,11-14,17-18,22-24,28-29,32,34H,5-7,9-10,15-16,19-21H2,1-3H3,(H,38,40)/b8-4+/t22-,23+,28+,29+,32-,34-,36-/m0/s1. The summed E-state index contributed by atoms with van der Waals surface area (Å²) in [5.74, 6) is 1.36. The van der Waals surface area contributed by atoms with Crippen molar-refractivity contribution in [3.63, 3.8) is 0 Å². The molecule has 2 heterocycles. The summed E-state index contributed by atoms with van der Waals surface area (Å²) in [6, 6.07) is 11.7. The molecule has 0 saturated heterocycles. The van der Waals surface area contributed by atoms with Crippen LogP contribution in [0.4, 0.5) is 5.69 Å². The van der Waals surface area contributed by atoms with E-state index in [1.165, 1.54) is 11.1 Å². The maximum atomic E-state index is 13.7. The highest BCUT2D eigenvalue weighted by Gasteiger charge is 2.47. The van der Waals surface area contributed by atoms with Gasteiger partial charge in [-0.2, -0.15) is 0 Å². The van der Waals surface area contributed by atoms with Gasteiger partial charge in [0.25, 0.3) is 5.91 Å². The summed E-state index contributed by atoms with van der Waals surface area (Å²) in [6.07, 6.45) is 10.7. The van der Waals surface area contributed by atoms with E-state index in [0.717, 1.165) is 68.1 Å². The van der Waals surface area contributed by atoms with Crippen molar-refractivity contribution in [2.45, 2.75) is 75.6 Å². The van der Waals surface area contributed by atoms with Crippen LogP contribution in [0.15, 0.2) is 48.6 Å². The summed E-state index contributed by atoms with van der Waals surface area (Å²) in [4.78, 5) is 16.1. The van der Waals surface area contributed by atoms with Gasteiger partial charge in [-0.3, -0.25) is 4.79 Å². The minimum absolute atomic E-state index is 0.0393. The first-order valence-electron chi connectivity index (χ1n) is 16.6. The van der Waals surface area contributed by atoms with Crippen molar-refractivity contribution < 1.29 is 22.7 Å². The van der Waals surface area contributed by atoms with E-state index >= 15 is 0 Å². The normalized spacial score (nSPS) is 35.2. The first-order valence-corrected chi connectivity index (χ1v) is 18.6. The maximum absolute atomic E-state index is 13.7. The number of nitrogens with one attached hydrogen (secondary N) is 1. The molecule has 1 spiro atoms. The van der Waals surface area contributed by atoms with Crippen LogP contribution in [0.25, 0.3) is 0 Å². The lowest BCUT2D eigenvalue weighted by Gasteiger charge is -2.49. The number of ether oxygens (including phenoxy) is 2. The van der Waals surface area contributed by atoms with Crippen molar-refractivity contribution in [3.8, 4) is 5.75 Å². The summed E-state index contributed by atoms with van der Waals surface area (Å²) in [5.41, 5.74) is 3.51. The second-order valence-corrected chi connectivity index (χ2v) is 16.7. The summed E-state index contributed by atoms with van der Waals surface area (Å²) in [6.45, 7) is 6.38. The quantitative estimate of drug-likeness (QED) is 0.371. The number of allylic oxidation sites excluding steroid dienone is 1. The summed E-state index contributed by atoms with van der Waals surface area (Å²) >= 11 is 6.44. The number of aryl methyl sites for hydroxylation is 1. The lowest BCUT2D eigenvalue weighted by atomic mass is 9.62. The zero-order valence-corrected chi connectivity index (χ0v) is 28.1. The molecule has 45 heavy (non-hydrogen) atoms. The number of amides is 1. The Kier molecular flexibility index (Phi) is 8.23. The third-order valence-electron chi connectivity index (χ3n) is 11.4. The SMILES string of the molecule is CO[C@H]1/C=C/C[C@H](C)[C@@H](C2CC2)S(=O)(=O)NC(=O)c2ccc3c(c2)N(C[C@H]2[C@H]1C[C@H]2C)C[C@@]1(CCCc2cc(Cl)ccc21)CO3. The van der Waals surface area contributed by atoms with Gasteiger partial charge >= 0.3 is 0 Å². The fourth-order valence-corrected chi connectivity index (χ4v) is 11.1. The highest BCUT2D eigenvalue weighted by Crippen LogP contribution is 2.49. The van der Waals surface area contributed by atoms with Gasteiger partial charge in [-0.15, -0.1) is 0 Å². The fraction of sp³-hybridized carbons (Fsp3) is 0.583. The second-order valence-electron chi connectivity index (χ2n) is 14.4. The highest BCUT2D eigenvalue weighted by atomic mass is 35.5. The van der Waals surface area contributed by atoms with E-state index in [-0.39, 0.29) is 23.4 Å². The average Bonchev–Trinajstić information content (AvgIpc) is 3.84. The Balaban J connectivity index is 1.32. The molecule has 2 aliphatic heterocycles. The Morgan fingerprint density at radius 3 is 2.67 bits per heavy atom. The number of rotatable bonds is 2. The van der Waals surface area contributed by atoms with Crippen molar-refractivity contribution in [1.29, 1.82) is 0 Å². The van der Waals surface area contributed by atoms with Crippen molar-refractivity contribution in [2.24, 2.45) is 29.6 Å². The number of nitrogens with zero attached hydrogens (tertiary/aromatic N) is 1. The molecule has 242 valence electrons. The molecule has 9 heteroatoms. The largest absolute Gasteiger partial charge is 0.490 e. The fourth-order valence-electron chi connectivity index (χ4n) is 8.87. The molecule has 7 rings (SSSR count). The second kappa shape index (κ2) is 11.9. The van der Waals surface area contributed by atoms with Gasteiger partial charge in [-0.1, -0.05) is 43.7 Å². The molecule has 5 aliphatic rings. The third kappa shape index (κ3) is 5.80. The average molecular weight is 653 g/mol. The van der Waals surface area contributed by atoms with Crippen LogP contribution in [-0.2, 0) is 26.6 Å². The van der Waals surface area contributed by atoms with Crippen LogP contribution in [0.1, 0.15) is 73.9 Å². The van der Waals surface area contributed by atoms with Crippen LogP contribution in [0.2, 0.25) is 5.02 Å². The lowest BCUT2D eigenvalue weighted by Crippen LogP contribution is -2.52. The smallest absolute Gasteiger partial charge is 0.264 e. The number of benzene rings is 2. The van der Waals surface area contributed by atoms with Crippen LogP contribution in [0, 0.1) is 29.6 Å². The molecule has 7 nitrogen and oxygen atoms in total. The molecule has 1 amide bonds. The lowest BCUT2D eigenvalue weighted by molar-refractivity contribution is -0.0230. The minimum atomic E-state index is -3.89. The van der Waals surface area contributed by atoms with Crippen LogP contribution < -0.4 is 14.4 Å². The van der Waals surface area contributed by atoms with E-state index in [2.05, 4.69) is 40.8 Å². The first-order chi connectivity index (χ1) is 21.6. The maximum Gasteiger partial charge on any atom is 0.264 e. The van der Waals surface area contributed by atoms with Crippen molar-refractivity contribution >= 4 is 33.2 Å². The van der Waals surface area contributed by atoms with Gasteiger partial charge in [-0.05, 0) is 116 Å². The van der Waals surface area contributed by atoms with Crippen molar-refractivity contribution in [1.82, 2.24) is 4.72 Å². The monoisotopic (exact) mass is 652 g/mol. The number of sulfonamides is 1. The predicted octanol–water partition coefficient (Wildman–Crippen LogP) is 6.53. The Morgan fingerprint density at radius 1 is 1.09 bits per heavy atom. The number of methoxy groups -OCH3 is 1. The summed E-state index contributed by atoms with van der Waals surface area (Å²) in [5, 5.41) is 0.138. The van der Waals surface area contributed by atoms with Gasteiger partial charge in [0.1, 0.15) is 5.75 Å².